The molecular weight excluding hydrogens is 156 g/mol. The highest BCUT2D eigenvalue weighted by molar-refractivity contribution is 7.80. The summed E-state index contributed by atoms with van der Waals surface area (Å²) in [5, 5.41) is 0.376. The van der Waals surface area contributed by atoms with Gasteiger partial charge in [-0.1, -0.05) is 6.92 Å². The quantitative estimate of drug-likeness (QED) is 0.679. The lowest BCUT2D eigenvalue weighted by atomic mass is 10.2. The number of nitrogens with zero attached hydrogens (tertiary/aromatic N) is 2. The summed E-state index contributed by atoms with van der Waals surface area (Å²) in [5.74, 6) is 0.820. The average Bonchev–Trinajstić information content (AvgIpc) is 1.93. The first kappa shape index (κ1) is 8.53. The number of hydrogen-bond donors (Lipinski definition) is 1. The van der Waals surface area contributed by atoms with Crippen LogP contribution in [-0.4, -0.2) is 15.2 Å². The minimum Gasteiger partial charge on any atom is -0.241 e. The summed E-state index contributed by atoms with van der Waals surface area (Å²) in [6.07, 6.45) is 4.65. The molecule has 0 fully saturated rings. The van der Waals surface area contributed by atoms with Crippen molar-refractivity contribution in [3.8, 4) is 0 Å². The van der Waals surface area contributed by atoms with Gasteiger partial charge in [0.15, 0.2) is 0 Å². The van der Waals surface area contributed by atoms with E-state index in [0.717, 1.165) is 17.8 Å². The first-order valence-corrected chi connectivity index (χ1v) is 4.15. The van der Waals surface area contributed by atoms with Crippen LogP contribution in [0, 0.1) is 6.92 Å². The second-order valence-corrected chi connectivity index (χ2v) is 3.57. The van der Waals surface area contributed by atoms with E-state index < -0.39 is 0 Å². The summed E-state index contributed by atoms with van der Waals surface area (Å²) in [4.78, 5) is 8.17. The largest absolute Gasteiger partial charge is 0.241 e. The predicted octanol–water partition coefficient (Wildman–Crippen LogP) is 1.65. The highest BCUT2D eigenvalue weighted by Gasteiger charge is 1.97. The Balaban J connectivity index is 2.66. The zero-order valence-electron chi connectivity index (χ0n) is 6.78. The summed E-state index contributed by atoms with van der Waals surface area (Å²) >= 11 is 4.28. The van der Waals surface area contributed by atoms with Gasteiger partial charge in [0.25, 0.3) is 0 Å². The summed E-state index contributed by atoms with van der Waals surface area (Å²) < 4.78 is 0. The van der Waals surface area contributed by atoms with E-state index in [1.54, 1.807) is 0 Å². The first-order valence-electron chi connectivity index (χ1n) is 3.64. The van der Waals surface area contributed by atoms with Gasteiger partial charge in [-0.25, -0.2) is 9.97 Å². The zero-order chi connectivity index (χ0) is 8.27. The number of hydrogen-bond acceptors (Lipinski definition) is 3. The van der Waals surface area contributed by atoms with Crippen molar-refractivity contribution >= 4 is 12.6 Å². The molecule has 1 rings (SSSR count). The van der Waals surface area contributed by atoms with Crippen LogP contribution < -0.4 is 0 Å². The van der Waals surface area contributed by atoms with Crippen LogP contribution in [-0.2, 0) is 6.42 Å². The Kier molecular flexibility index (Phi) is 2.88. The molecule has 0 bridgehead atoms. The molecule has 0 radical (unpaired) electrons. The van der Waals surface area contributed by atoms with E-state index in [2.05, 4.69) is 29.5 Å². The van der Waals surface area contributed by atoms with E-state index in [4.69, 9.17) is 0 Å². The number of aryl methyl sites for hydroxylation is 1. The molecule has 3 heteroatoms. The molecule has 1 heterocycles. The molecule has 0 aliphatic rings. The molecule has 2 nitrogen and oxygen atoms in total. The molecule has 0 saturated carbocycles. The van der Waals surface area contributed by atoms with Crippen molar-refractivity contribution in [3.05, 3.63) is 23.8 Å². The summed E-state index contributed by atoms with van der Waals surface area (Å²) in [6.45, 7) is 3.94. The monoisotopic (exact) mass is 168 g/mol. The van der Waals surface area contributed by atoms with Crippen LogP contribution in [0.2, 0.25) is 0 Å². The Bertz CT molecular complexity index is 218. The zero-order valence-corrected chi connectivity index (χ0v) is 7.68. The van der Waals surface area contributed by atoms with Crippen molar-refractivity contribution < 1.29 is 0 Å². The predicted molar refractivity (Wildman–Crippen MR) is 48.9 cm³/mol. The molecule has 0 aromatic carbocycles. The topological polar surface area (TPSA) is 25.8 Å². The number of aromatic nitrogens is 2. The lowest BCUT2D eigenvalue weighted by Gasteiger charge is -2.02. The van der Waals surface area contributed by atoms with Crippen LogP contribution in [0.4, 0.5) is 0 Å². The average molecular weight is 168 g/mol. The molecule has 0 N–H and O–H groups in total. The normalized spacial score (nSPS) is 13.0. The molecule has 60 valence electrons. The minimum absolute atomic E-state index is 0.376. The minimum atomic E-state index is 0.376. The third-order valence-electron chi connectivity index (χ3n) is 1.37. The molecule has 0 spiro atoms. The van der Waals surface area contributed by atoms with Gasteiger partial charge < -0.3 is 0 Å². The van der Waals surface area contributed by atoms with E-state index in [0.29, 0.717) is 5.25 Å². The standard InChI is InChI=1S/C8H12N2S/c1-6(11)3-8-4-9-7(2)10-5-8/h4-6,11H,3H2,1-2H3. The van der Waals surface area contributed by atoms with Gasteiger partial charge in [-0.05, 0) is 18.9 Å². The van der Waals surface area contributed by atoms with Gasteiger partial charge in [0.1, 0.15) is 5.82 Å². The number of thiol groups is 1. The van der Waals surface area contributed by atoms with Crippen molar-refractivity contribution in [1.82, 2.24) is 9.97 Å². The lowest BCUT2D eigenvalue weighted by molar-refractivity contribution is 0.911. The molecule has 11 heavy (non-hydrogen) atoms. The smallest absolute Gasteiger partial charge is 0.125 e. The summed E-state index contributed by atoms with van der Waals surface area (Å²) in [7, 11) is 0. The van der Waals surface area contributed by atoms with Crippen LogP contribution in [0.3, 0.4) is 0 Å². The summed E-state index contributed by atoms with van der Waals surface area (Å²) in [5.41, 5.74) is 1.15. The van der Waals surface area contributed by atoms with Crippen LogP contribution >= 0.6 is 12.6 Å². The van der Waals surface area contributed by atoms with Crippen LogP contribution in [0.5, 0.6) is 0 Å². The van der Waals surface area contributed by atoms with Gasteiger partial charge in [0.05, 0.1) is 0 Å². The fourth-order valence-corrected chi connectivity index (χ4v) is 1.08. The second kappa shape index (κ2) is 3.72. The van der Waals surface area contributed by atoms with Crippen LogP contribution in [0.25, 0.3) is 0 Å². The van der Waals surface area contributed by atoms with E-state index in [9.17, 15) is 0 Å². The molecule has 0 aliphatic carbocycles. The van der Waals surface area contributed by atoms with Gasteiger partial charge in [-0.15, -0.1) is 0 Å². The maximum atomic E-state index is 4.28. The van der Waals surface area contributed by atoms with Gasteiger partial charge in [-0.3, -0.25) is 0 Å². The Morgan fingerprint density at radius 3 is 2.45 bits per heavy atom. The number of rotatable bonds is 2. The molecular formula is C8H12N2S. The van der Waals surface area contributed by atoms with E-state index in [1.807, 2.05) is 19.3 Å². The maximum absolute atomic E-state index is 4.28. The molecule has 0 aliphatic heterocycles. The Hall–Kier alpha value is -0.570. The second-order valence-electron chi connectivity index (χ2n) is 2.69. The fourth-order valence-electron chi connectivity index (χ4n) is 0.866. The van der Waals surface area contributed by atoms with Crippen molar-refractivity contribution in [3.63, 3.8) is 0 Å². The Morgan fingerprint density at radius 1 is 1.45 bits per heavy atom. The lowest BCUT2D eigenvalue weighted by Crippen LogP contribution is -1.99. The maximum Gasteiger partial charge on any atom is 0.125 e. The van der Waals surface area contributed by atoms with Crippen LogP contribution in [0.1, 0.15) is 18.3 Å². The molecule has 1 aromatic heterocycles. The Morgan fingerprint density at radius 2 is 2.00 bits per heavy atom. The van der Waals surface area contributed by atoms with Gasteiger partial charge >= 0.3 is 0 Å². The van der Waals surface area contributed by atoms with Gasteiger partial charge in [-0.2, -0.15) is 12.6 Å². The van der Waals surface area contributed by atoms with Gasteiger partial charge in [0, 0.05) is 17.6 Å². The SMILES string of the molecule is Cc1ncc(CC(C)S)cn1. The third kappa shape index (κ3) is 2.89. The summed E-state index contributed by atoms with van der Waals surface area (Å²) in [6, 6.07) is 0. The van der Waals surface area contributed by atoms with Crippen molar-refractivity contribution in [1.29, 1.82) is 0 Å². The van der Waals surface area contributed by atoms with Crippen molar-refractivity contribution in [2.24, 2.45) is 0 Å². The first-order chi connectivity index (χ1) is 5.18. The molecule has 1 aromatic rings. The van der Waals surface area contributed by atoms with Crippen molar-refractivity contribution in [2.45, 2.75) is 25.5 Å². The highest BCUT2D eigenvalue weighted by Crippen LogP contribution is 2.04. The highest BCUT2D eigenvalue weighted by atomic mass is 32.1. The van der Waals surface area contributed by atoms with E-state index in [-0.39, 0.29) is 0 Å². The van der Waals surface area contributed by atoms with Crippen molar-refractivity contribution in [2.75, 3.05) is 0 Å². The molecule has 0 saturated heterocycles. The van der Waals surface area contributed by atoms with E-state index >= 15 is 0 Å². The molecule has 1 unspecified atom stereocenters. The third-order valence-corrected chi connectivity index (χ3v) is 1.55. The van der Waals surface area contributed by atoms with Crippen LogP contribution in [0.15, 0.2) is 12.4 Å². The Labute approximate surface area is 72.5 Å². The van der Waals surface area contributed by atoms with E-state index in [1.165, 1.54) is 0 Å². The fraction of sp³-hybridized carbons (Fsp3) is 0.500. The van der Waals surface area contributed by atoms with Gasteiger partial charge in [0.2, 0.25) is 0 Å². The molecule has 1 atom stereocenters. The molecule has 0 amide bonds.